The van der Waals surface area contributed by atoms with E-state index in [4.69, 9.17) is 14.2 Å². The van der Waals surface area contributed by atoms with Crippen molar-refractivity contribution in [3.05, 3.63) is 29.6 Å². The number of aliphatic hydroxyl groups is 1. The molecule has 1 N–H and O–H groups in total. The molecular formula is C16H21FO4. The molecule has 0 aliphatic carbocycles. The fourth-order valence-corrected chi connectivity index (χ4v) is 3.06. The Kier molecular flexibility index (Phi) is 4.15. The van der Waals surface area contributed by atoms with E-state index in [0.717, 1.165) is 25.9 Å². The first-order valence-corrected chi connectivity index (χ1v) is 7.44. The van der Waals surface area contributed by atoms with Crippen molar-refractivity contribution in [1.29, 1.82) is 0 Å². The van der Waals surface area contributed by atoms with Crippen LogP contribution in [0.25, 0.3) is 0 Å². The summed E-state index contributed by atoms with van der Waals surface area (Å²) in [6, 6.07) is 4.62. The van der Waals surface area contributed by atoms with Crippen molar-refractivity contribution in [3.63, 3.8) is 0 Å². The average molecular weight is 296 g/mol. The van der Waals surface area contributed by atoms with Gasteiger partial charge in [-0.05, 0) is 19.1 Å². The first kappa shape index (κ1) is 14.8. The Labute approximate surface area is 123 Å². The Balaban J connectivity index is 1.67. The number of hydrogen-bond donors (Lipinski definition) is 1. The number of aliphatic hydroxyl groups excluding tert-OH is 1. The summed E-state index contributed by atoms with van der Waals surface area (Å²) >= 11 is 0. The van der Waals surface area contributed by atoms with Gasteiger partial charge in [0, 0.05) is 37.5 Å². The molecule has 3 rings (SSSR count). The quantitative estimate of drug-likeness (QED) is 0.931. The zero-order chi connectivity index (χ0) is 14.9. The summed E-state index contributed by atoms with van der Waals surface area (Å²) in [6.07, 6.45) is 1.65. The molecule has 5 heteroatoms. The molecule has 2 fully saturated rings. The second kappa shape index (κ2) is 5.91. The highest BCUT2D eigenvalue weighted by molar-refractivity contribution is 5.30. The molecule has 0 bridgehead atoms. The molecule has 0 saturated carbocycles. The van der Waals surface area contributed by atoms with E-state index >= 15 is 0 Å². The molecule has 3 atom stereocenters. The summed E-state index contributed by atoms with van der Waals surface area (Å²) in [5, 5.41) is 9.44. The van der Waals surface area contributed by atoms with E-state index < -0.39 is 11.9 Å². The highest BCUT2D eigenvalue weighted by Gasteiger charge is 2.41. The highest BCUT2D eigenvalue weighted by Crippen LogP contribution is 2.34. The zero-order valence-electron chi connectivity index (χ0n) is 12.2. The Morgan fingerprint density at radius 3 is 2.95 bits per heavy atom. The maximum Gasteiger partial charge on any atom is 0.132 e. The smallest absolute Gasteiger partial charge is 0.132 e. The zero-order valence-corrected chi connectivity index (χ0v) is 12.2. The van der Waals surface area contributed by atoms with E-state index in [1.54, 1.807) is 19.1 Å². The molecular weight excluding hydrogens is 275 g/mol. The molecule has 4 nitrogen and oxygen atoms in total. The summed E-state index contributed by atoms with van der Waals surface area (Å²) in [6.45, 7) is 3.52. The first-order valence-electron chi connectivity index (χ1n) is 7.44. The van der Waals surface area contributed by atoms with Crippen LogP contribution in [0.3, 0.4) is 0 Å². The van der Waals surface area contributed by atoms with Crippen LogP contribution in [0.2, 0.25) is 0 Å². The summed E-state index contributed by atoms with van der Waals surface area (Å²) in [7, 11) is 0. The lowest BCUT2D eigenvalue weighted by molar-refractivity contribution is -0.112. The molecule has 2 saturated heterocycles. The molecule has 1 aromatic rings. The van der Waals surface area contributed by atoms with Gasteiger partial charge in [0.25, 0.3) is 0 Å². The van der Waals surface area contributed by atoms with Crippen molar-refractivity contribution >= 4 is 0 Å². The van der Waals surface area contributed by atoms with Gasteiger partial charge in [-0.15, -0.1) is 0 Å². The fraction of sp³-hybridized carbons (Fsp3) is 0.625. The van der Waals surface area contributed by atoms with Gasteiger partial charge in [0.05, 0.1) is 24.9 Å². The Morgan fingerprint density at radius 1 is 1.43 bits per heavy atom. The van der Waals surface area contributed by atoms with Crippen LogP contribution in [0.4, 0.5) is 4.39 Å². The molecule has 116 valence electrons. The molecule has 1 aromatic carbocycles. The Morgan fingerprint density at radius 2 is 2.29 bits per heavy atom. The Bertz CT molecular complexity index is 497. The van der Waals surface area contributed by atoms with E-state index in [1.165, 1.54) is 6.07 Å². The van der Waals surface area contributed by atoms with E-state index in [0.29, 0.717) is 19.0 Å². The third kappa shape index (κ3) is 3.20. The third-order valence-electron chi connectivity index (χ3n) is 4.24. The lowest BCUT2D eigenvalue weighted by Gasteiger charge is -2.37. The molecule has 2 aliphatic rings. The standard InChI is InChI=1S/C16H21FO4/c1-11(18)14-3-2-12(8-15(14)17)21-13-4-6-20-16(9-13)5-7-19-10-16/h2-3,8,11,13,18H,4-7,9-10H2,1H3. The van der Waals surface area contributed by atoms with Gasteiger partial charge in [0.15, 0.2) is 0 Å². The van der Waals surface area contributed by atoms with Gasteiger partial charge in [-0.25, -0.2) is 4.39 Å². The van der Waals surface area contributed by atoms with Crippen molar-refractivity contribution in [2.24, 2.45) is 0 Å². The molecule has 3 unspecified atom stereocenters. The van der Waals surface area contributed by atoms with Crippen LogP contribution in [0.5, 0.6) is 5.75 Å². The molecule has 0 aromatic heterocycles. The van der Waals surface area contributed by atoms with Gasteiger partial charge in [-0.2, -0.15) is 0 Å². The van der Waals surface area contributed by atoms with E-state index in [-0.39, 0.29) is 17.3 Å². The SMILES string of the molecule is CC(O)c1ccc(OC2CCOC3(CCOC3)C2)cc1F. The van der Waals surface area contributed by atoms with Gasteiger partial charge in [0.1, 0.15) is 17.7 Å². The van der Waals surface area contributed by atoms with Crippen LogP contribution in [0.15, 0.2) is 18.2 Å². The number of rotatable bonds is 3. The average Bonchev–Trinajstić information content (AvgIpc) is 2.86. The lowest BCUT2D eigenvalue weighted by Crippen LogP contribution is -2.44. The van der Waals surface area contributed by atoms with Crippen molar-refractivity contribution in [1.82, 2.24) is 0 Å². The summed E-state index contributed by atoms with van der Waals surface area (Å²) in [4.78, 5) is 0. The van der Waals surface area contributed by atoms with E-state index in [2.05, 4.69) is 0 Å². The van der Waals surface area contributed by atoms with Crippen LogP contribution >= 0.6 is 0 Å². The van der Waals surface area contributed by atoms with E-state index in [1.807, 2.05) is 0 Å². The molecule has 0 radical (unpaired) electrons. The van der Waals surface area contributed by atoms with Gasteiger partial charge in [-0.3, -0.25) is 0 Å². The minimum Gasteiger partial charge on any atom is -0.490 e. The Hall–Kier alpha value is -1.17. The number of hydrogen-bond acceptors (Lipinski definition) is 4. The van der Waals surface area contributed by atoms with Crippen molar-refractivity contribution in [2.75, 3.05) is 19.8 Å². The van der Waals surface area contributed by atoms with Gasteiger partial charge < -0.3 is 19.3 Å². The molecule has 2 heterocycles. The summed E-state index contributed by atoms with van der Waals surface area (Å²) in [5.74, 6) is 0.0614. The maximum absolute atomic E-state index is 13.9. The van der Waals surface area contributed by atoms with Gasteiger partial charge in [-0.1, -0.05) is 0 Å². The van der Waals surface area contributed by atoms with Crippen LogP contribution in [0.1, 0.15) is 37.9 Å². The summed E-state index contributed by atoms with van der Waals surface area (Å²) in [5.41, 5.74) is 0.0658. The maximum atomic E-state index is 13.9. The predicted octanol–water partition coefficient (Wildman–Crippen LogP) is 2.60. The van der Waals surface area contributed by atoms with Crippen molar-refractivity contribution < 1.29 is 23.7 Å². The van der Waals surface area contributed by atoms with Gasteiger partial charge >= 0.3 is 0 Å². The van der Waals surface area contributed by atoms with Gasteiger partial charge in [0.2, 0.25) is 0 Å². The molecule has 21 heavy (non-hydrogen) atoms. The number of halogens is 1. The molecule has 2 aliphatic heterocycles. The lowest BCUT2D eigenvalue weighted by atomic mass is 9.91. The second-order valence-electron chi connectivity index (χ2n) is 5.93. The minimum absolute atomic E-state index is 0.0113. The fourth-order valence-electron chi connectivity index (χ4n) is 3.06. The van der Waals surface area contributed by atoms with E-state index in [9.17, 15) is 9.50 Å². The monoisotopic (exact) mass is 296 g/mol. The first-order chi connectivity index (χ1) is 10.1. The highest BCUT2D eigenvalue weighted by atomic mass is 19.1. The minimum atomic E-state index is -0.818. The van der Waals surface area contributed by atoms with Crippen molar-refractivity contribution in [3.8, 4) is 5.75 Å². The topological polar surface area (TPSA) is 47.9 Å². The number of benzene rings is 1. The summed E-state index contributed by atoms with van der Waals surface area (Å²) < 4.78 is 31.1. The van der Waals surface area contributed by atoms with Crippen LogP contribution in [-0.4, -0.2) is 36.6 Å². The third-order valence-corrected chi connectivity index (χ3v) is 4.24. The normalized spacial score (nSPS) is 30.5. The largest absolute Gasteiger partial charge is 0.490 e. The molecule has 0 amide bonds. The second-order valence-corrected chi connectivity index (χ2v) is 5.93. The molecule has 1 spiro atoms. The van der Waals surface area contributed by atoms with Crippen LogP contribution in [0, 0.1) is 5.82 Å². The van der Waals surface area contributed by atoms with Crippen molar-refractivity contribution in [2.45, 2.75) is 44.0 Å². The number of ether oxygens (including phenoxy) is 3. The van der Waals surface area contributed by atoms with Crippen LogP contribution < -0.4 is 4.74 Å². The van der Waals surface area contributed by atoms with Crippen LogP contribution in [-0.2, 0) is 9.47 Å². The predicted molar refractivity (Wildman–Crippen MR) is 74.8 cm³/mol.